The van der Waals surface area contributed by atoms with Gasteiger partial charge in [0.15, 0.2) is 0 Å². The van der Waals surface area contributed by atoms with Crippen molar-refractivity contribution in [3.63, 3.8) is 0 Å². The van der Waals surface area contributed by atoms with Crippen LogP contribution in [0.2, 0.25) is 0 Å². The maximum absolute atomic E-state index is 14.9. The topological polar surface area (TPSA) is 0 Å². The van der Waals surface area contributed by atoms with Gasteiger partial charge in [0.1, 0.15) is 24.1 Å². The van der Waals surface area contributed by atoms with E-state index in [9.17, 15) is 17.6 Å². The molecule has 166 valence electrons. The second-order valence-electron chi connectivity index (χ2n) is 7.78. The number of allylic oxidation sites excluding steroid dienone is 3. The molecular formula is C28H26F4. The average molecular weight is 439 g/mol. The Morgan fingerprint density at radius 1 is 0.750 bits per heavy atom. The van der Waals surface area contributed by atoms with Crippen LogP contribution in [0.3, 0.4) is 0 Å². The molecule has 0 aliphatic carbocycles. The van der Waals surface area contributed by atoms with Crippen molar-refractivity contribution in [3.8, 4) is 22.3 Å². The van der Waals surface area contributed by atoms with E-state index in [-0.39, 0.29) is 16.7 Å². The van der Waals surface area contributed by atoms with Crippen LogP contribution in [0.4, 0.5) is 17.6 Å². The summed E-state index contributed by atoms with van der Waals surface area (Å²) in [6.45, 7) is 4.24. The zero-order valence-electron chi connectivity index (χ0n) is 18.1. The number of halogens is 4. The Balaban J connectivity index is 1.79. The van der Waals surface area contributed by atoms with Gasteiger partial charge in [-0.1, -0.05) is 48.6 Å². The monoisotopic (exact) mass is 438 g/mol. The maximum atomic E-state index is 14.9. The highest BCUT2D eigenvalue weighted by Crippen LogP contribution is 2.33. The standard InChI is InChI=1S/C28H26F4/c1-3-4-5-6-7-8-9-20-10-12-21(13-11-20)22-15-26(31)28(27(32)16-22)23-14-19(2)24(18-29)25(30)17-23/h3,6-7,10-17H,1,4-5,8-9,18H2,2H3/b7-6+. The van der Waals surface area contributed by atoms with Crippen LogP contribution in [0.25, 0.3) is 22.3 Å². The van der Waals surface area contributed by atoms with Gasteiger partial charge in [-0.25, -0.2) is 17.6 Å². The summed E-state index contributed by atoms with van der Waals surface area (Å²) >= 11 is 0. The molecule has 0 aliphatic heterocycles. The van der Waals surface area contributed by atoms with Crippen molar-refractivity contribution in [3.05, 3.63) is 107 Å². The summed E-state index contributed by atoms with van der Waals surface area (Å²) in [6.07, 6.45) is 9.93. The molecule has 0 atom stereocenters. The third kappa shape index (κ3) is 5.56. The van der Waals surface area contributed by atoms with E-state index >= 15 is 0 Å². The van der Waals surface area contributed by atoms with Crippen molar-refractivity contribution in [2.24, 2.45) is 0 Å². The van der Waals surface area contributed by atoms with Crippen LogP contribution >= 0.6 is 0 Å². The molecule has 3 aromatic rings. The highest BCUT2D eigenvalue weighted by atomic mass is 19.1. The number of aryl methyl sites for hydroxylation is 2. The fraction of sp³-hybridized carbons (Fsp3) is 0.214. The van der Waals surface area contributed by atoms with E-state index in [2.05, 4.69) is 18.7 Å². The number of benzene rings is 3. The summed E-state index contributed by atoms with van der Waals surface area (Å²) in [4.78, 5) is 0. The SMILES string of the molecule is C=CCC/C=C/CCc1ccc(-c2cc(F)c(-c3cc(C)c(CF)c(F)c3)c(F)c2)cc1. The van der Waals surface area contributed by atoms with Gasteiger partial charge in [0.25, 0.3) is 0 Å². The summed E-state index contributed by atoms with van der Waals surface area (Å²) in [7, 11) is 0. The molecule has 0 spiro atoms. The first-order valence-corrected chi connectivity index (χ1v) is 10.6. The van der Waals surface area contributed by atoms with Crippen molar-refractivity contribution in [2.45, 2.75) is 39.3 Å². The van der Waals surface area contributed by atoms with Crippen molar-refractivity contribution in [1.29, 1.82) is 0 Å². The number of alkyl halides is 1. The lowest BCUT2D eigenvalue weighted by atomic mass is 9.95. The molecule has 3 aromatic carbocycles. The molecule has 32 heavy (non-hydrogen) atoms. The first-order chi connectivity index (χ1) is 15.4. The maximum Gasteiger partial charge on any atom is 0.134 e. The summed E-state index contributed by atoms with van der Waals surface area (Å²) in [5.41, 5.74) is 2.18. The molecule has 0 unspecified atom stereocenters. The molecule has 0 amide bonds. The Labute approximate surface area is 186 Å². The number of hydrogen-bond donors (Lipinski definition) is 0. The van der Waals surface area contributed by atoms with Gasteiger partial charge in [0.05, 0.1) is 5.56 Å². The van der Waals surface area contributed by atoms with E-state index in [0.29, 0.717) is 16.7 Å². The van der Waals surface area contributed by atoms with E-state index in [0.717, 1.165) is 37.3 Å². The normalized spacial score (nSPS) is 11.3. The Morgan fingerprint density at radius 2 is 1.38 bits per heavy atom. The van der Waals surface area contributed by atoms with Crippen molar-refractivity contribution in [2.75, 3.05) is 0 Å². The first-order valence-electron chi connectivity index (χ1n) is 10.6. The smallest absolute Gasteiger partial charge is 0.134 e. The minimum absolute atomic E-state index is 0.0512. The van der Waals surface area contributed by atoms with Crippen molar-refractivity contribution < 1.29 is 17.6 Å². The lowest BCUT2D eigenvalue weighted by Crippen LogP contribution is -1.97. The van der Waals surface area contributed by atoms with Gasteiger partial charge in [-0.15, -0.1) is 6.58 Å². The predicted octanol–water partition coefficient (Wildman–Crippen LogP) is 8.67. The largest absolute Gasteiger partial charge is 0.246 e. The highest BCUT2D eigenvalue weighted by molar-refractivity contribution is 5.72. The Kier molecular flexibility index (Phi) is 8.04. The van der Waals surface area contributed by atoms with Gasteiger partial charge in [0.2, 0.25) is 0 Å². The van der Waals surface area contributed by atoms with Crippen molar-refractivity contribution in [1.82, 2.24) is 0 Å². The van der Waals surface area contributed by atoms with Crippen LogP contribution in [0.5, 0.6) is 0 Å². The molecule has 4 heteroatoms. The van der Waals surface area contributed by atoms with Crippen LogP contribution in [-0.2, 0) is 13.1 Å². The summed E-state index contributed by atoms with van der Waals surface area (Å²) in [5, 5.41) is 0. The van der Waals surface area contributed by atoms with Crippen LogP contribution in [0, 0.1) is 24.4 Å². The highest BCUT2D eigenvalue weighted by Gasteiger charge is 2.17. The predicted molar refractivity (Wildman–Crippen MR) is 124 cm³/mol. The summed E-state index contributed by atoms with van der Waals surface area (Å²) in [6, 6.07) is 12.4. The lowest BCUT2D eigenvalue weighted by Gasteiger charge is -2.12. The minimum Gasteiger partial charge on any atom is -0.246 e. The fourth-order valence-corrected chi connectivity index (χ4v) is 3.67. The van der Waals surface area contributed by atoms with Gasteiger partial charge in [-0.05, 0) is 78.6 Å². The number of rotatable bonds is 9. The quantitative estimate of drug-likeness (QED) is 0.178. The van der Waals surface area contributed by atoms with E-state index in [1.807, 2.05) is 30.3 Å². The molecule has 3 rings (SSSR count). The molecule has 0 saturated carbocycles. The molecule has 0 bridgehead atoms. The minimum atomic E-state index is -0.969. The fourth-order valence-electron chi connectivity index (χ4n) is 3.67. The zero-order valence-corrected chi connectivity index (χ0v) is 18.1. The Hall–Kier alpha value is -3.14. The van der Waals surface area contributed by atoms with Gasteiger partial charge in [-0.2, -0.15) is 0 Å². The van der Waals surface area contributed by atoms with E-state index in [1.54, 1.807) is 0 Å². The van der Waals surface area contributed by atoms with E-state index in [1.165, 1.54) is 25.1 Å². The third-order valence-electron chi connectivity index (χ3n) is 5.47. The van der Waals surface area contributed by atoms with E-state index < -0.39 is 24.1 Å². The van der Waals surface area contributed by atoms with E-state index in [4.69, 9.17) is 0 Å². The molecule has 0 radical (unpaired) electrons. The lowest BCUT2D eigenvalue weighted by molar-refractivity contribution is 0.462. The summed E-state index contributed by atoms with van der Waals surface area (Å²) < 4.78 is 56.8. The molecule has 0 saturated heterocycles. The molecule has 0 heterocycles. The summed E-state index contributed by atoms with van der Waals surface area (Å²) in [5.74, 6) is -2.39. The molecule has 0 N–H and O–H groups in total. The molecule has 0 aliphatic rings. The number of unbranched alkanes of at least 4 members (excludes halogenated alkanes) is 1. The van der Waals surface area contributed by atoms with Crippen molar-refractivity contribution >= 4 is 0 Å². The number of hydrogen-bond acceptors (Lipinski definition) is 0. The van der Waals surface area contributed by atoms with Gasteiger partial charge >= 0.3 is 0 Å². The third-order valence-corrected chi connectivity index (χ3v) is 5.47. The van der Waals surface area contributed by atoms with Gasteiger partial charge < -0.3 is 0 Å². The van der Waals surface area contributed by atoms with Gasteiger partial charge in [0, 0.05) is 5.56 Å². The van der Waals surface area contributed by atoms with Crippen LogP contribution in [0.15, 0.2) is 73.3 Å². The average Bonchev–Trinajstić information content (AvgIpc) is 2.76. The zero-order chi connectivity index (χ0) is 23.1. The second-order valence-corrected chi connectivity index (χ2v) is 7.78. The Bertz CT molecular complexity index is 1060. The van der Waals surface area contributed by atoms with Crippen LogP contribution < -0.4 is 0 Å². The molecular weight excluding hydrogens is 412 g/mol. The molecule has 0 nitrogen and oxygen atoms in total. The molecule has 0 fully saturated rings. The molecule has 0 aromatic heterocycles. The van der Waals surface area contributed by atoms with Crippen LogP contribution in [-0.4, -0.2) is 0 Å². The second kappa shape index (κ2) is 10.9. The Morgan fingerprint density at radius 3 is 1.97 bits per heavy atom. The van der Waals surface area contributed by atoms with Crippen LogP contribution in [0.1, 0.15) is 36.0 Å². The first kappa shape index (κ1) is 23.5. The van der Waals surface area contributed by atoms with Gasteiger partial charge in [-0.3, -0.25) is 0 Å².